The van der Waals surface area contributed by atoms with E-state index < -0.39 is 11.3 Å². The van der Waals surface area contributed by atoms with Gasteiger partial charge in [-0.1, -0.05) is 13.3 Å². The van der Waals surface area contributed by atoms with Crippen molar-refractivity contribution >= 4 is 12.2 Å². The molecule has 10 heavy (non-hydrogen) atoms. The first-order chi connectivity index (χ1) is 4.56. The highest BCUT2D eigenvalue weighted by Crippen LogP contribution is 2.18. The Labute approximate surface area is 60.6 Å². The summed E-state index contributed by atoms with van der Waals surface area (Å²) in [4.78, 5) is 21.0. The van der Waals surface area contributed by atoms with Gasteiger partial charge in [0, 0.05) is 0 Å². The number of primary amides is 1. The molecule has 3 heteroatoms. The van der Waals surface area contributed by atoms with E-state index >= 15 is 0 Å². The van der Waals surface area contributed by atoms with Crippen LogP contribution in [-0.4, -0.2) is 12.2 Å². The van der Waals surface area contributed by atoms with Crippen LogP contribution >= 0.6 is 0 Å². The van der Waals surface area contributed by atoms with Gasteiger partial charge in [-0.2, -0.15) is 0 Å². The van der Waals surface area contributed by atoms with Crippen LogP contribution in [0.1, 0.15) is 26.7 Å². The fourth-order valence-corrected chi connectivity index (χ4v) is 0.760. The van der Waals surface area contributed by atoms with Crippen molar-refractivity contribution in [3.8, 4) is 0 Å². The number of rotatable bonds is 4. The average Bonchev–Trinajstić information content (AvgIpc) is 1.88. The van der Waals surface area contributed by atoms with E-state index in [0.717, 1.165) is 6.42 Å². The maximum Gasteiger partial charge on any atom is 0.230 e. The smallest absolute Gasteiger partial charge is 0.230 e. The van der Waals surface area contributed by atoms with Crippen molar-refractivity contribution in [2.75, 3.05) is 0 Å². The number of hydrogen-bond acceptors (Lipinski definition) is 2. The van der Waals surface area contributed by atoms with E-state index in [1.54, 1.807) is 6.92 Å². The van der Waals surface area contributed by atoms with Crippen LogP contribution in [0.2, 0.25) is 0 Å². The predicted octanol–water partition coefficient (Wildman–Crippen LogP) is 0.477. The average molecular weight is 143 g/mol. The Morgan fingerprint density at radius 2 is 2.20 bits per heavy atom. The normalized spacial score (nSPS) is 15.8. The summed E-state index contributed by atoms with van der Waals surface area (Å²) in [5.74, 6) is -0.538. The maximum atomic E-state index is 10.6. The lowest BCUT2D eigenvalue weighted by atomic mass is 9.87. The van der Waals surface area contributed by atoms with Gasteiger partial charge in [-0.15, -0.1) is 0 Å². The Bertz CT molecular complexity index is 145. The minimum Gasteiger partial charge on any atom is -0.369 e. The molecule has 0 aromatic heterocycles. The summed E-state index contributed by atoms with van der Waals surface area (Å²) in [5.41, 5.74) is 4.05. The summed E-state index contributed by atoms with van der Waals surface area (Å²) in [5, 5.41) is 0. The van der Waals surface area contributed by atoms with Crippen LogP contribution in [0.5, 0.6) is 0 Å². The van der Waals surface area contributed by atoms with Gasteiger partial charge in [0.25, 0.3) is 0 Å². The van der Waals surface area contributed by atoms with Gasteiger partial charge in [0.2, 0.25) is 5.91 Å². The summed E-state index contributed by atoms with van der Waals surface area (Å²) in [6.07, 6.45) is 1.95. The molecule has 0 aliphatic rings. The molecule has 0 aliphatic heterocycles. The summed E-state index contributed by atoms with van der Waals surface area (Å²) in [7, 11) is 0. The lowest BCUT2D eigenvalue weighted by Crippen LogP contribution is -2.35. The zero-order valence-electron chi connectivity index (χ0n) is 6.39. The third-order valence-corrected chi connectivity index (χ3v) is 1.59. The number of nitrogens with two attached hydrogens (primary N) is 1. The molecule has 0 saturated carbocycles. The molecule has 0 bridgehead atoms. The zero-order valence-corrected chi connectivity index (χ0v) is 6.39. The topological polar surface area (TPSA) is 60.2 Å². The molecule has 0 fully saturated rings. The Morgan fingerprint density at radius 3 is 2.30 bits per heavy atom. The van der Waals surface area contributed by atoms with Crippen LogP contribution in [0.25, 0.3) is 0 Å². The first kappa shape index (κ1) is 9.14. The Kier molecular flexibility index (Phi) is 3.06. The van der Waals surface area contributed by atoms with Gasteiger partial charge >= 0.3 is 0 Å². The van der Waals surface area contributed by atoms with Gasteiger partial charge < -0.3 is 10.5 Å². The maximum absolute atomic E-state index is 10.6. The minimum absolute atomic E-state index is 0.534. The highest BCUT2D eigenvalue weighted by Gasteiger charge is 2.28. The number of amides is 1. The van der Waals surface area contributed by atoms with Gasteiger partial charge in [-0.05, 0) is 13.3 Å². The lowest BCUT2D eigenvalue weighted by Gasteiger charge is -2.16. The highest BCUT2D eigenvalue weighted by atomic mass is 16.2. The fourth-order valence-electron chi connectivity index (χ4n) is 0.760. The van der Waals surface area contributed by atoms with Crippen molar-refractivity contribution in [1.29, 1.82) is 0 Å². The molecule has 1 atom stereocenters. The first-order valence-electron chi connectivity index (χ1n) is 3.33. The van der Waals surface area contributed by atoms with Crippen molar-refractivity contribution in [2.45, 2.75) is 26.7 Å². The van der Waals surface area contributed by atoms with Crippen molar-refractivity contribution < 1.29 is 9.59 Å². The second-order valence-electron chi connectivity index (χ2n) is 2.65. The molecule has 0 saturated heterocycles. The molecule has 2 N–H and O–H groups in total. The van der Waals surface area contributed by atoms with Crippen LogP contribution in [0, 0.1) is 5.41 Å². The molecule has 1 unspecified atom stereocenters. The highest BCUT2D eigenvalue weighted by molar-refractivity contribution is 5.95. The second kappa shape index (κ2) is 3.34. The summed E-state index contributed by atoms with van der Waals surface area (Å²) >= 11 is 0. The van der Waals surface area contributed by atoms with Gasteiger partial charge in [-0.3, -0.25) is 4.79 Å². The summed E-state index contributed by atoms with van der Waals surface area (Å²) < 4.78 is 0. The molecular formula is C7H13NO2. The van der Waals surface area contributed by atoms with Crippen molar-refractivity contribution in [3.05, 3.63) is 0 Å². The van der Waals surface area contributed by atoms with E-state index in [-0.39, 0.29) is 0 Å². The van der Waals surface area contributed by atoms with Crippen molar-refractivity contribution in [1.82, 2.24) is 0 Å². The van der Waals surface area contributed by atoms with Gasteiger partial charge in [-0.25, -0.2) is 0 Å². The van der Waals surface area contributed by atoms with Crippen LogP contribution in [0.3, 0.4) is 0 Å². The quantitative estimate of drug-likeness (QED) is 0.459. The molecular weight excluding hydrogens is 130 g/mol. The minimum atomic E-state index is -0.950. The molecule has 0 heterocycles. The zero-order chi connectivity index (χ0) is 8.20. The summed E-state index contributed by atoms with van der Waals surface area (Å²) in [6.45, 7) is 3.47. The predicted molar refractivity (Wildman–Crippen MR) is 38.3 cm³/mol. The van der Waals surface area contributed by atoms with Crippen molar-refractivity contribution in [2.24, 2.45) is 11.1 Å². The van der Waals surface area contributed by atoms with E-state index in [4.69, 9.17) is 5.73 Å². The van der Waals surface area contributed by atoms with E-state index in [2.05, 4.69) is 0 Å². The van der Waals surface area contributed by atoms with Gasteiger partial charge in [0.1, 0.15) is 11.7 Å². The SMILES string of the molecule is CCCC(C)(C=O)C(N)=O. The number of carbonyl (C=O) groups excluding carboxylic acids is 2. The van der Waals surface area contributed by atoms with E-state index in [1.165, 1.54) is 0 Å². The molecule has 0 aromatic rings. The lowest BCUT2D eigenvalue weighted by molar-refractivity contribution is -0.133. The molecule has 0 spiro atoms. The number of hydrogen-bond donors (Lipinski definition) is 1. The number of carbonyl (C=O) groups is 2. The van der Waals surface area contributed by atoms with E-state index in [0.29, 0.717) is 12.7 Å². The summed E-state index contributed by atoms with van der Waals surface area (Å²) in [6, 6.07) is 0. The largest absolute Gasteiger partial charge is 0.369 e. The van der Waals surface area contributed by atoms with E-state index in [1.807, 2.05) is 6.92 Å². The number of aldehydes is 1. The first-order valence-corrected chi connectivity index (χ1v) is 3.33. The molecule has 1 amide bonds. The third kappa shape index (κ3) is 1.83. The third-order valence-electron chi connectivity index (χ3n) is 1.59. The molecule has 0 aromatic carbocycles. The van der Waals surface area contributed by atoms with Gasteiger partial charge in [0.15, 0.2) is 0 Å². The molecule has 0 rings (SSSR count). The van der Waals surface area contributed by atoms with E-state index in [9.17, 15) is 9.59 Å². The second-order valence-corrected chi connectivity index (χ2v) is 2.65. The van der Waals surface area contributed by atoms with Gasteiger partial charge in [0.05, 0.1) is 0 Å². The van der Waals surface area contributed by atoms with Crippen LogP contribution in [-0.2, 0) is 9.59 Å². The van der Waals surface area contributed by atoms with Crippen LogP contribution in [0.15, 0.2) is 0 Å². The van der Waals surface area contributed by atoms with Crippen LogP contribution in [0.4, 0.5) is 0 Å². The Morgan fingerprint density at radius 1 is 1.70 bits per heavy atom. The molecule has 0 aliphatic carbocycles. The standard InChI is InChI=1S/C7H13NO2/c1-3-4-7(2,5-9)6(8)10/h5H,3-4H2,1-2H3,(H2,8,10). The van der Waals surface area contributed by atoms with Crippen LogP contribution < -0.4 is 5.73 Å². The fraction of sp³-hybridized carbons (Fsp3) is 0.714. The Balaban J connectivity index is 4.22. The monoisotopic (exact) mass is 143 g/mol. The molecule has 0 radical (unpaired) electrons. The van der Waals surface area contributed by atoms with Crippen molar-refractivity contribution in [3.63, 3.8) is 0 Å². The molecule has 3 nitrogen and oxygen atoms in total. The Hall–Kier alpha value is -0.860. The molecule has 58 valence electrons.